The Morgan fingerprint density at radius 1 is 1.12 bits per heavy atom. The summed E-state index contributed by atoms with van der Waals surface area (Å²) in [4.78, 5) is 54.8. The van der Waals surface area contributed by atoms with Crippen molar-refractivity contribution in [3.8, 4) is 12.3 Å². The van der Waals surface area contributed by atoms with E-state index in [0.717, 1.165) is 24.8 Å². The van der Waals surface area contributed by atoms with E-state index >= 15 is 0 Å². The van der Waals surface area contributed by atoms with E-state index in [2.05, 4.69) is 27.9 Å². The number of alkyl carbamates (subject to hydrolysis) is 1. The maximum absolute atomic E-state index is 14.1. The Bertz CT molecular complexity index is 1210. The largest absolute Gasteiger partial charge is 0.444 e. The molecule has 1 aliphatic heterocycles. The number of likely N-dealkylation sites (tertiary alicyclic amines) is 1. The van der Waals surface area contributed by atoms with Crippen LogP contribution in [0.3, 0.4) is 0 Å². The Kier molecular flexibility index (Phi) is 11.2. The van der Waals surface area contributed by atoms with Gasteiger partial charge in [0.05, 0.1) is 18.8 Å². The third kappa shape index (κ3) is 9.18. The Morgan fingerprint density at radius 2 is 1.81 bits per heavy atom. The highest BCUT2D eigenvalue weighted by Crippen LogP contribution is 2.31. The maximum Gasteiger partial charge on any atom is 0.408 e. The van der Waals surface area contributed by atoms with E-state index in [1.807, 2.05) is 18.2 Å². The van der Waals surface area contributed by atoms with Crippen LogP contribution < -0.4 is 16.0 Å². The van der Waals surface area contributed by atoms with Crippen molar-refractivity contribution in [2.45, 2.75) is 103 Å². The van der Waals surface area contributed by atoms with Crippen LogP contribution in [0.5, 0.6) is 0 Å². The minimum absolute atomic E-state index is 0.0327. The molecule has 1 aromatic carbocycles. The number of carbonyl (C=O) groups is 4. The van der Waals surface area contributed by atoms with E-state index < -0.39 is 59.8 Å². The standard InChI is InChI=1S/C32H46N4O7/c1-8-16-42-21-17-25(28(39)33-23-15-11-13-20-12-9-10-14-22(20)23)36(18-21)29(40)26(31(2,3)4)35-27(38)24(19-37)34-30(41)43-32(5,6)7/h1,9-10,12,14,21,23-26,37H,11,13,15-19H2,2-7H3,(H,33,39)(H,34,41)(H,35,38)/t21-,23+,24-,25-,26+/m0/s1. The van der Waals surface area contributed by atoms with Crippen LogP contribution in [0.25, 0.3) is 0 Å². The number of aliphatic hydroxyl groups is 1. The molecule has 0 bridgehead atoms. The van der Waals surface area contributed by atoms with Gasteiger partial charge in [0.25, 0.3) is 0 Å². The topological polar surface area (TPSA) is 146 Å². The first-order valence-corrected chi connectivity index (χ1v) is 14.8. The molecule has 1 aliphatic carbocycles. The van der Waals surface area contributed by atoms with E-state index in [9.17, 15) is 24.3 Å². The third-order valence-corrected chi connectivity index (χ3v) is 7.53. The molecule has 4 N–H and O–H groups in total. The Labute approximate surface area is 254 Å². The first-order chi connectivity index (χ1) is 20.1. The smallest absolute Gasteiger partial charge is 0.408 e. The van der Waals surface area contributed by atoms with Gasteiger partial charge in [-0.3, -0.25) is 14.4 Å². The van der Waals surface area contributed by atoms with Gasteiger partial charge in [0, 0.05) is 13.0 Å². The van der Waals surface area contributed by atoms with Crippen LogP contribution in [0, 0.1) is 17.8 Å². The van der Waals surface area contributed by atoms with Gasteiger partial charge in [-0.25, -0.2) is 4.79 Å². The lowest BCUT2D eigenvalue weighted by molar-refractivity contribution is -0.144. The van der Waals surface area contributed by atoms with Gasteiger partial charge in [0.2, 0.25) is 17.7 Å². The molecule has 1 aromatic rings. The van der Waals surface area contributed by atoms with E-state index in [-0.39, 0.29) is 31.5 Å². The monoisotopic (exact) mass is 598 g/mol. The molecular weight excluding hydrogens is 552 g/mol. The van der Waals surface area contributed by atoms with Crippen LogP contribution in [0.2, 0.25) is 0 Å². The van der Waals surface area contributed by atoms with Crippen molar-refractivity contribution in [2.24, 2.45) is 5.41 Å². The highest BCUT2D eigenvalue weighted by Gasteiger charge is 2.46. The number of ether oxygens (including phenoxy) is 2. The number of aryl methyl sites for hydroxylation is 1. The average molecular weight is 599 g/mol. The number of nitrogens with one attached hydrogen (secondary N) is 3. The van der Waals surface area contributed by atoms with E-state index in [1.54, 1.807) is 41.5 Å². The summed E-state index contributed by atoms with van der Waals surface area (Å²) in [7, 11) is 0. The summed E-state index contributed by atoms with van der Waals surface area (Å²) in [6.07, 6.45) is 6.96. The van der Waals surface area contributed by atoms with E-state index in [1.165, 1.54) is 10.5 Å². The zero-order valence-corrected chi connectivity index (χ0v) is 26.1. The van der Waals surface area contributed by atoms with Crippen molar-refractivity contribution in [1.29, 1.82) is 0 Å². The molecule has 2 aliphatic rings. The first kappa shape index (κ1) is 33.9. The minimum atomic E-state index is -1.36. The molecule has 4 amide bonds. The van der Waals surface area contributed by atoms with Gasteiger partial charge in [-0.1, -0.05) is 51.0 Å². The Balaban J connectivity index is 1.81. The van der Waals surface area contributed by atoms with Gasteiger partial charge >= 0.3 is 6.09 Å². The fraction of sp³-hybridized carbons (Fsp3) is 0.625. The molecule has 43 heavy (non-hydrogen) atoms. The second-order valence-corrected chi connectivity index (χ2v) is 13.2. The summed E-state index contributed by atoms with van der Waals surface area (Å²) in [6.45, 7) is 9.79. The van der Waals surface area contributed by atoms with Gasteiger partial charge in [0.15, 0.2) is 0 Å². The van der Waals surface area contributed by atoms with Crippen LogP contribution >= 0.6 is 0 Å². The average Bonchev–Trinajstić information content (AvgIpc) is 3.36. The number of carbonyl (C=O) groups excluding carboxylic acids is 4. The zero-order valence-electron chi connectivity index (χ0n) is 26.1. The fourth-order valence-corrected chi connectivity index (χ4v) is 5.45. The van der Waals surface area contributed by atoms with Crippen LogP contribution in [0.4, 0.5) is 4.79 Å². The summed E-state index contributed by atoms with van der Waals surface area (Å²) >= 11 is 0. The van der Waals surface area contributed by atoms with Crippen LogP contribution in [0.1, 0.15) is 78.0 Å². The molecule has 3 rings (SSSR count). The number of nitrogens with zero attached hydrogens (tertiary/aromatic N) is 1. The molecule has 0 spiro atoms. The molecule has 0 radical (unpaired) electrons. The van der Waals surface area contributed by atoms with Crippen molar-refractivity contribution in [1.82, 2.24) is 20.9 Å². The van der Waals surface area contributed by atoms with Gasteiger partial charge in [-0.05, 0) is 56.6 Å². The summed E-state index contributed by atoms with van der Waals surface area (Å²) in [5.74, 6) is 0.880. The van der Waals surface area contributed by atoms with Crippen molar-refractivity contribution in [3.63, 3.8) is 0 Å². The van der Waals surface area contributed by atoms with Gasteiger partial charge < -0.3 is 35.4 Å². The summed E-state index contributed by atoms with van der Waals surface area (Å²) < 4.78 is 11.0. The molecule has 236 valence electrons. The predicted molar refractivity (Wildman–Crippen MR) is 161 cm³/mol. The lowest BCUT2D eigenvalue weighted by Gasteiger charge is -2.36. The number of aliphatic hydroxyl groups excluding tert-OH is 1. The molecule has 0 saturated carbocycles. The van der Waals surface area contributed by atoms with Crippen LogP contribution in [-0.2, 0) is 30.3 Å². The molecule has 11 nitrogen and oxygen atoms in total. The lowest BCUT2D eigenvalue weighted by atomic mass is 9.85. The second-order valence-electron chi connectivity index (χ2n) is 13.2. The molecule has 0 unspecified atom stereocenters. The molecule has 0 aromatic heterocycles. The number of amides is 4. The normalized spacial score (nSPS) is 21.5. The van der Waals surface area contributed by atoms with E-state index in [4.69, 9.17) is 15.9 Å². The molecule has 5 atom stereocenters. The van der Waals surface area contributed by atoms with Crippen LogP contribution in [-0.4, -0.2) is 83.4 Å². The van der Waals surface area contributed by atoms with Gasteiger partial charge in [-0.2, -0.15) is 0 Å². The predicted octanol–water partition coefficient (Wildman–Crippen LogP) is 2.22. The van der Waals surface area contributed by atoms with E-state index in [0.29, 0.717) is 0 Å². The third-order valence-electron chi connectivity index (χ3n) is 7.53. The molecular formula is C32H46N4O7. The highest BCUT2D eigenvalue weighted by atomic mass is 16.6. The number of benzene rings is 1. The molecule has 1 heterocycles. The number of fused-ring (bicyclic) bond motifs is 1. The summed E-state index contributed by atoms with van der Waals surface area (Å²) in [5, 5.41) is 18.1. The summed E-state index contributed by atoms with van der Waals surface area (Å²) in [5.41, 5.74) is 0.667. The fourth-order valence-electron chi connectivity index (χ4n) is 5.45. The summed E-state index contributed by atoms with van der Waals surface area (Å²) in [6, 6.07) is 4.54. The quantitative estimate of drug-likeness (QED) is 0.319. The number of hydrogen-bond acceptors (Lipinski definition) is 7. The van der Waals surface area contributed by atoms with Crippen molar-refractivity contribution in [2.75, 3.05) is 19.8 Å². The number of hydrogen-bond donors (Lipinski definition) is 4. The number of terminal acetylenes is 1. The maximum atomic E-state index is 14.1. The van der Waals surface area contributed by atoms with Crippen LogP contribution in [0.15, 0.2) is 24.3 Å². The number of rotatable bonds is 9. The molecule has 1 saturated heterocycles. The van der Waals surface area contributed by atoms with Gasteiger partial charge in [-0.15, -0.1) is 6.42 Å². The molecule has 11 heteroatoms. The minimum Gasteiger partial charge on any atom is -0.444 e. The Hall–Kier alpha value is -3.62. The second kappa shape index (κ2) is 14.2. The zero-order chi connectivity index (χ0) is 31.9. The van der Waals surface area contributed by atoms with Crippen molar-refractivity contribution >= 4 is 23.8 Å². The molecule has 1 fully saturated rings. The van der Waals surface area contributed by atoms with Crippen molar-refractivity contribution < 1.29 is 33.8 Å². The Morgan fingerprint density at radius 3 is 2.44 bits per heavy atom. The van der Waals surface area contributed by atoms with Gasteiger partial charge in [0.1, 0.15) is 30.3 Å². The lowest BCUT2D eigenvalue weighted by Crippen LogP contribution is -2.61. The highest BCUT2D eigenvalue weighted by molar-refractivity contribution is 5.95. The van der Waals surface area contributed by atoms with Crippen molar-refractivity contribution in [3.05, 3.63) is 35.4 Å². The SMILES string of the molecule is C#CCO[C@H]1C[C@@H](C(=O)N[C@@H]2CCCc3ccccc32)N(C(=O)[C@@H](NC(=O)[C@H](CO)NC(=O)OC(C)(C)C)C(C)(C)C)C1. The first-order valence-electron chi connectivity index (χ1n) is 14.8.